The molecule has 0 bridgehead atoms. The Morgan fingerprint density at radius 3 is 2.74 bits per heavy atom. The number of nitro benzene ring substituents is 1. The van der Waals surface area contributed by atoms with Crippen molar-refractivity contribution in [2.24, 2.45) is 0 Å². The summed E-state index contributed by atoms with van der Waals surface area (Å²) < 4.78 is 0. The average Bonchev–Trinajstić information content (AvgIpc) is 3.25. The minimum absolute atomic E-state index is 0.101. The molecule has 1 saturated heterocycles. The monoisotopic (exact) mass is 457 g/mol. The van der Waals surface area contributed by atoms with Crippen LogP contribution in [0.2, 0.25) is 0 Å². The summed E-state index contributed by atoms with van der Waals surface area (Å²) in [5.41, 5.74) is 4.85. The summed E-state index contributed by atoms with van der Waals surface area (Å²) in [5.74, 6) is -0.802. The van der Waals surface area contributed by atoms with Gasteiger partial charge < -0.3 is 5.32 Å². The molecule has 0 radical (unpaired) electrons. The maximum absolute atomic E-state index is 12.3. The number of benzene rings is 2. The number of β-lactam (4-membered cyclic amide) rings is 1. The van der Waals surface area contributed by atoms with Crippen molar-refractivity contribution < 1.29 is 14.5 Å². The van der Waals surface area contributed by atoms with Crippen molar-refractivity contribution in [3.63, 3.8) is 0 Å². The van der Waals surface area contributed by atoms with E-state index in [-0.39, 0.29) is 12.2 Å². The van der Waals surface area contributed by atoms with Crippen molar-refractivity contribution in [1.29, 1.82) is 0 Å². The van der Waals surface area contributed by atoms with E-state index in [1.165, 1.54) is 34.5 Å². The van der Waals surface area contributed by atoms with Crippen LogP contribution >= 0.6 is 22.9 Å². The van der Waals surface area contributed by atoms with E-state index in [1.54, 1.807) is 6.07 Å². The maximum Gasteiger partial charge on any atom is 0.269 e. The highest BCUT2D eigenvalue weighted by molar-refractivity contribution is 7.14. The van der Waals surface area contributed by atoms with Gasteiger partial charge in [0.05, 0.1) is 23.2 Å². The van der Waals surface area contributed by atoms with E-state index < -0.39 is 28.2 Å². The predicted octanol–water partition coefficient (Wildman–Crippen LogP) is 3.35. The number of aromatic nitrogens is 1. The van der Waals surface area contributed by atoms with E-state index in [2.05, 4.69) is 15.7 Å². The third-order valence-electron chi connectivity index (χ3n) is 4.68. The van der Waals surface area contributed by atoms with Gasteiger partial charge in [0.25, 0.3) is 11.6 Å². The first-order valence-corrected chi connectivity index (χ1v) is 10.5. The fourth-order valence-electron chi connectivity index (χ4n) is 3.16. The quantitative estimate of drug-likeness (QED) is 0.243. The number of amides is 2. The van der Waals surface area contributed by atoms with Crippen molar-refractivity contribution in [3.8, 4) is 11.3 Å². The molecular weight excluding hydrogens is 442 g/mol. The number of nitrogens with one attached hydrogen (secondary N) is 2. The van der Waals surface area contributed by atoms with Crippen LogP contribution in [0.1, 0.15) is 11.6 Å². The van der Waals surface area contributed by atoms with Crippen LogP contribution in [0, 0.1) is 10.1 Å². The Labute approximate surface area is 185 Å². The summed E-state index contributed by atoms with van der Waals surface area (Å²) in [7, 11) is 0. The van der Waals surface area contributed by atoms with Crippen molar-refractivity contribution in [1.82, 2.24) is 15.4 Å². The maximum atomic E-state index is 12.3. The largest absolute Gasteiger partial charge is 0.301 e. The van der Waals surface area contributed by atoms with Crippen LogP contribution in [-0.4, -0.2) is 38.7 Å². The normalized spacial score (nSPS) is 17.8. The fourth-order valence-corrected chi connectivity index (χ4v) is 4.26. The lowest BCUT2D eigenvalue weighted by atomic mass is 9.95. The molecule has 4 rings (SSSR count). The molecule has 2 atom stereocenters. The minimum Gasteiger partial charge on any atom is -0.301 e. The molecule has 0 aliphatic carbocycles. The van der Waals surface area contributed by atoms with Crippen molar-refractivity contribution in [3.05, 3.63) is 75.7 Å². The lowest BCUT2D eigenvalue weighted by molar-refractivity contribution is -0.385. The molecule has 1 aliphatic rings. The van der Waals surface area contributed by atoms with Gasteiger partial charge in [-0.05, 0) is 5.56 Å². The number of carbonyl (C=O) groups is 2. The van der Waals surface area contributed by atoms with Gasteiger partial charge in [-0.15, -0.1) is 22.9 Å². The van der Waals surface area contributed by atoms with Gasteiger partial charge in [-0.25, -0.2) is 10.4 Å². The molecule has 1 aromatic heterocycles. The zero-order valence-corrected chi connectivity index (χ0v) is 17.5. The van der Waals surface area contributed by atoms with Gasteiger partial charge in [0.2, 0.25) is 5.91 Å². The third kappa shape index (κ3) is 4.41. The van der Waals surface area contributed by atoms with E-state index in [9.17, 15) is 19.7 Å². The smallest absolute Gasteiger partial charge is 0.269 e. The molecule has 158 valence electrons. The van der Waals surface area contributed by atoms with Gasteiger partial charge in [-0.3, -0.25) is 24.7 Å². The Balaban J connectivity index is 1.37. The van der Waals surface area contributed by atoms with Crippen molar-refractivity contribution in [2.75, 3.05) is 11.9 Å². The summed E-state index contributed by atoms with van der Waals surface area (Å²) >= 11 is 7.42. The second-order valence-electron chi connectivity index (χ2n) is 6.69. The first-order chi connectivity index (χ1) is 14.9. The fraction of sp³-hybridized carbons (Fsp3) is 0.150. The van der Waals surface area contributed by atoms with Gasteiger partial charge >= 0.3 is 0 Å². The van der Waals surface area contributed by atoms with Gasteiger partial charge in [-0.1, -0.05) is 42.5 Å². The van der Waals surface area contributed by atoms with E-state index in [4.69, 9.17) is 11.6 Å². The molecule has 9 nitrogen and oxygen atoms in total. The number of alkyl halides is 1. The van der Waals surface area contributed by atoms with Crippen LogP contribution in [0.3, 0.4) is 0 Å². The second-order valence-corrected chi connectivity index (χ2v) is 8.02. The third-order valence-corrected chi connectivity index (χ3v) is 5.86. The molecule has 2 aromatic carbocycles. The molecule has 11 heteroatoms. The Kier molecular flexibility index (Phi) is 5.94. The number of anilines is 1. The lowest BCUT2D eigenvalue weighted by Gasteiger charge is -2.44. The van der Waals surface area contributed by atoms with E-state index in [1.807, 2.05) is 35.7 Å². The van der Waals surface area contributed by atoms with Crippen molar-refractivity contribution >= 4 is 45.6 Å². The first kappa shape index (κ1) is 20.9. The number of hydrogen-bond donors (Lipinski definition) is 2. The SMILES string of the molecule is O=C(CNN1C(=O)C(Cl)C1c1cccc([N+](=O)[O-])c1)Nc1nc(-c2ccccc2)cs1. The number of nitro groups is 1. The molecule has 0 spiro atoms. The molecule has 2 unspecified atom stereocenters. The first-order valence-electron chi connectivity index (χ1n) is 9.20. The molecule has 31 heavy (non-hydrogen) atoms. The summed E-state index contributed by atoms with van der Waals surface area (Å²) in [6, 6.07) is 14.8. The summed E-state index contributed by atoms with van der Waals surface area (Å²) in [4.78, 5) is 39.3. The highest BCUT2D eigenvalue weighted by Gasteiger charge is 2.47. The Morgan fingerprint density at radius 1 is 1.23 bits per heavy atom. The molecule has 1 aliphatic heterocycles. The summed E-state index contributed by atoms with van der Waals surface area (Å²) in [5, 5.41) is 16.3. The van der Waals surface area contributed by atoms with Crippen LogP contribution in [0.5, 0.6) is 0 Å². The highest BCUT2D eigenvalue weighted by atomic mass is 35.5. The minimum atomic E-state index is -0.870. The predicted molar refractivity (Wildman–Crippen MR) is 117 cm³/mol. The molecule has 2 amide bonds. The molecule has 2 heterocycles. The van der Waals surface area contributed by atoms with E-state index >= 15 is 0 Å². The molecular formula is C20H16ClN5O4S. The van der Waals surface area contributed by atoms with Gasteiger partial charge in [0.15, 0.2) is 5.13 Å². The number of non-ortho nitro benzene ring substituents is 1. The van der Waals surface area contributed by atoms with Gasteiger partial charge in [-0.2, -0.15) is 0 Å². The van der Waals surface area contributed by atoms with Crippen LogP contribution in [0.25, 0.3) is 11.3 Å². The van der Waals surface area contributed by atoms with E-state index in [0.717, 1.165) is 11.3 Å². The zero-order chi connectivity index (χ0) is 22.0. The molecule has 0 saturated carbocycles. The number of thiazole rings is 1. The topological polar surface area (TPSA) is 117 Å². The Morgan fingerprint density at radius 2 is 2.00 bits per heavy atom. The number of rotatable bonds is 7. The number of hydrogen-bond acceptors (Lipinski definition) is 7. The second kappa shape index (κ2) is 8.80. The number of halogens is 1. The average molecular weight is 458 g/mol. The summed E-state index contributed by atoms with van der Waals surface area (Å²) in [6.45, 7) is -0.193. The standard InChI is InChI=1S/C20H16ClN5O4S/c21-17-18(13-7-4-8-14(9-13)26(29)30)25(19(17)28)22-10-16(27)24-20-23-15(11-31-20)12-5-2-1-3-6-12/h1-9,11,17-18,22H,10H2,(H,23,24,27). The van der Waals surface area contributed by atoms with E-state index in [0.29, 0.717) is 10.7 Å². The molecule has 1 fully saturated rings. The van der Waals surface area contributed by atoms with Gasteiger partial charge in [0, 0.05) is 23.1 Å². The lowest BCUT2D eigenvalue weighted by Crippen LogP contribution is -2.62. The number of carbonyl (C=O) groups excluding carboxylic acids is 2. The number of hydrazine groups is 1. The Hall–Kier alpha value is -3.34. The van der Waals surface area contributed by atoms with Crippen LogP contribution in [0.4, 0.5) is 10.8 Å². The van der Waals surface area contributed by atoms with Gasteiger partial charge in [0.1, 0.15) is 5.38 Å². The van der Waals surface area contributed by atoms with Crippen LogP contribution in [0.15, 0.2) is 60.0 Å². The molecule has 2 N–H and O–H groups in total. The summed E-state index contributed by atoms with van der Waals surface area (Å²) in [6.07, 6.45) is 0. The highest BCUT2D eigenvalue weighted by Crippen LogP contribution is 2.38. The Bertz CT molecular complexity index is 1140. The van der Waals surface area contributed by atoms with Crippen molar-refractivity contribution in [2.45, 2.75) is 11.4 Å². The van der Waals surface area contributed by atoms with Crippen LogP contribution < -0.4 is 10.7 Å². The van der Waals surface area contributed by atoms with Crippen LogP contribution in [-0.2, 0) is 9.59 Å². The molecule has 3 aromatic rings. The number of nitrogens with zero attached hydrogens (tertiary/aromatic N) is 3. The zero-order valence-electron chi connectivity index (χ0n) is 15.9.